The van der Waals surface area contributed by atoms with Crippen LogP contribution >= 0.6 is 0 Å². The summed E-state index contributed by atoms with van der Waals surface area (Å²) in [5.74, 6) is 1.49. The lowest BCUT2D eigenvalue weighted by Crippen LogP contribution is -2.40. The SMILES string of the molecule is CC(C)N(CCCO)C[C@H](O)COCc1ccc2c(c1)OCO2. The van der Waals surface area contributed by atoms with Crippen LogP contribution in [0.1, 0.15) is 25.8 Å². The summed E-state index contributed by atoms with van der Waals surface area (Å²) in [7, 11) is 0. The summed E-state index contributed by atoms with van der Waals surface area (Å²) >= 11 is 0. The molecule has 6 nitrogen and oxygen atoms in total. The third kappa shape index (κ3) is 5.66. The normalized spacial score (nSPS) is 14.7. The van der Waals surface area contributed by atoms with E-state index in [0.717, 1.165) is 23.6 Å². The molecule has 1 aromatic carbocycles. The predicted octanol–water partition coefficient (Wildman–Crippen LogP) is 1.39. The van der Waals surface area contributed by atoms with E-state index >= 15 is 0 Å². The van der Waals surface area contributed by atoms with Gasteiger partial charge in [0.15, 0.2) is 11.5 Å². The van der Waals surface area contributed by atoms with E-state index in [1.54, 1.807) is 0 Å². The molecule has 0 aromatic heterocycles. The number of aliphatic hydroxyl groups excluding tert-OH is 2. The topological polar surface area (TPSA) is 71.4 Å². The highest BCUT2D eigenvalue weighted by atomic mass is 16.7. The van der Waals surface area contributed by atoms with Crippen LogP contribution in [0.25, 0.3) is 0 Å². The Bertz CT molecular complexity index is 480. The van der Waals surface area contributed by atoms with Crippen LogP contribution in [0.5, 0.6) is 11.5 Å². The zero-order valence-corrected chi connectivity index (χ0v) is 13.9. The highest BCUT2D eigenvalue weighted by Crippen LogP contribution is 2.32. The van der Waals surface area contributed by atoms with Crippen molar-refractivity contribution >= 4 is 0 Å². The van der Waals surface area contributed by atoms with Crippen LogP contribution in [0.2, 0.25) is 0 Å². The van der Waals surface area contributed by atoms with Crippen molar-refractivity contribution in [3.63, 3.8) is 0 Å². The molecule has 0 aliphatic carbocycles. The maximum Gasteiger partial charge on any atom is 0.231 e. The molecule has 0 spiro atoms. The summed E-state index contributed by atoms with van der Waals surface area (Å²) < 4.78 is 16.2. The third-order valence-electron chi connectivity index (χ3n) is 3.79. The number of ether oxygens (including phenoxy) is 3. The fraction of sp³-hybridized carbons (Fsp3) is 0.647. The van der Waals surface area contributed by atoms with Crippen molar-refractivity contribution in [2.45, 2.75) is 39.0 Å². The van der Waals surface area contributed by atoms with Crippen LogP contribution in [0.4, 0.5) is 0 Å². The van der Waals surface area contributed by atoms with Gasteiger partial charge in [0, 0.05) is 25.7 Å². The summed E-state index contributed by atoms with van der Waals surface area (Å²) in [5.41, 5.74) is 0.988. The zero-order valence-electron chi connectivity index (χ0n) is 13.9. The maximum atomic E-state index is 10.1. The average Bonchev–Trinajstić information content (AvgIpc) is 2.98. The van der Waals surface area contributed by atoms with E-state index in [4.69, 9.17) is 19.3 Å². The largest absolute Gasteiger partial charge is 0.454 e. The molecule has 0 unspecified atom stereocenters. The highest BCUT2D eigenvalue weighted by Gasteiger charge is 2.16. The first-order valence-electron chi connectivity index (χ1n) is 8.09. The number of aliphatic hydroxyl groups is 2. The molecule has 0 fully saturated rings. The van der Waals surface area contributed by atoms with Crippen LogP contribution in [0, 0.1) is 0 Å². The number of nitrogens with zero attached hydrogens (tertiary/aromatic N) is 1. The molecule has 1 aromatic rings. The molecular formula is C17H27NO5. The monoisotopic (exact) mass is 325 g/mol. The Hall–Kier alpha value is -1.34. The first-order valence-corrected chi connectivity index (χ1v) is 8.09. The fourth-order valence-corrected chi connectivity index (χ4v) is 2.50. The second-order valence-corrected chi connectivity index (χ2v) is 6.02. The zero-order chi connectivity index (χ0) is 16.7. The number of hydrogen-bond acceptors (Lipinski definition) is 6. The van der Waals surface area contributed by atoms with Gasteiger partial charge in [-0.25, -0.2) is 0 Å². The van der Waals surface area contributed by atoms with Crippen molar-refractivity contribution in [1.29, 1.82) is 0 Å². The van der Waals surface area contributed by atoms with Crippen LogP contribution in [-0.4, -0.2) is 60.4 Å². The molecule has 0 radical (unpaired) electrons. The van der Waals surface area contributed by atoms with Gasteiger partial charge < -0.3 is 24.4 Å². The molecule has 0 amide bonds. The van der Waals surface area contributed by atoms with Crippen LogP contribution in [0.3, 0.4) is 0 Å². The summed E-state index contributed by atoms with van der Waals surface area (Å²) in [6.45, 7) is 6.60. The molecule has 2 N–H and O–H groups in total. The van der Waals surface area contributed by atoms with Crippen LogP contribution in [-0.2, 0) is 11.3 Å². The van der Waals surface area contributed by atoms with Gasteiger partial charge in [-0.05, 0) is 38.0 Å². The second-order valence-electron chi connectivity index (χ2n) is 6.02. The van der Waals surface area contributed by atoms with Gasteiger partial charge in [0.25, 0.3) is 0 Å². The first-order chi connectivity index (χ1) is 11.1. The van der Waals surface area contributed by atoms with Gasteiger partial charge in [-0.2, -0.15) is 0 Å². The summed E-state index contributed by atoms with van der Waals surface area (Å²) in [6, 6.07) is 6.02. The Morgan fingerprint density at radius 3 is 2.78 bits per heavy atom. The van der Waals surface area contributed by atoms with Gasteiger partial charge in [-0.3, -0.25) is 4.90 Å². The van der Waals surface area contributed by atoms with Crippen molar-refractivity contribution in [2.24, 2.45) is 0 Å². The minimum atomic E-state index is -0.551. The number of benzene rings is 1. The molecule has 2 rings (SSSR count). The molecule has 0 bridgehead atoms. The maximum absolute atomic E-state index is 10.1. The Kier molecular flexibility index (Phi) is 7.11. The van der Waals surface area contributed by atoms with E-state index in [0.29, 0.717) is 25.6 Å². The Balaban J connectivity index is 1.72. The van der Waals surface area contributed by atoms with E-state index in [-0.39, 0.29) is 20.0 Å². The van der Waals surface area contributed by atoms with Gasteiger partial charge >= 0.3 is 0 Å². The lowest BCUT2D eigenvalue weighted by molar-refractivity contribution is 0.00387. The minimum absolute atomic E-state index is 0.167. The molecule has 6 heteroatoms. The summed E-state index contributed by atoms with van der Waals surface area (Å²) in [4.78, 5) is 2.14. The van der Waals surface area contributed by atoms with Crippen LogP contribution in [0.15, 0.2) is 18.2 Å². The van der Waals surface area contributed by atoms with Gasteiger partial charge in [0.1, 0.15) is 0 Å². The van der Waals surface area contributed by atoms with Crippen molar-refractivity contribution in [3.8, 4) is 11.5 Å². The molecule has 130 valence electrons. The van der Waals surface area contributed by atoms with E-state index in [2.05, 4.69) is 18.7 Å². The van der Waals surface area contributed by atoms with Crippen LogP contribution < -0.4 is 9.47 Å². The first kappa shape index (κ1) is 18.0. The second kappa shape index (κ2) is 9.08. The predicted molar refractivity (Wildman–Crippen MR) is 86.6 cm³/mol. The lowest BCUT2D eigenvalue weighted by Gasteiger charge is -2.28. The molecule has 1 heterocycles. The highest BCUT2D eigenvalue weighted by molar-refractivity contribution is 5.44. The molecule has 1 aliphatic heterocycles. The quantitative estimate of drug-likeness (QED) is 0.677. The number of hydrogen-bond donors (Lipinski definition) is 2. The molecule has 1 aliphatic rings. The molecule has 23 heavy (non-hydrogen) atoms. The Morgan fingerprint density at radius 1 is 1.26 bits per heavy atom. The summed E-state index contributed by atoms with van der Waals surface area (Å²) in [6.07, 6.45) is 0.160. The van der Waals surface area contributed by atoms with Crippen molar-refractivity contribution in [3.05, 3.63) is 23.8 Å². The molecule has 0 saturated heterocycles. The standard InChI is InChI=1S/C17H27NO5/c1-13(2)18(6-3-7-19)9-15(20)11-21-10-14-4-5-16-17(8-14)23-12-22-16/h4-5,8,13,15,19-20H,3,6-7,9-12H2,1-2H3/t15-/m0/s1. The summed E-state index contributed by atoms with van der Waals surface area (Å²) in [5, 5.41) is 19.1. The van der Waals surface area contributed by atoms with Crippen molar-refractivity contribution in [2.75, 3.05) is 33.1 Å². The van der Waals surface area contributed by atoms with E-state index in [1.807, 2.05) is 18.2 Å². The number of rotatable bonds is 10. The Labute approximate surface area is 137 Å². The third-order valence-corrected chi connectivity index (χ3v) is 3.79. The van der Waals surface area contributed by atoms with Gasteiger partial charge in [-0.1, -0.05) is 6.07 Å². The van der Waals surface area contributed by atoms with Gasteiger partial charge in [-0.15, -0.1) is 0 Å². The van der Waals surface area contributed by atoms with Crippen molar-refractivity contribution in [1.82, 2.24) is 4.90 Å². The molecular weight excluding hydrogens is 298 g/mol. The van der Waals surface area contributed by atoms with E-state index < -0.39 is 6.10 Å². The van der Waals surface area contributed by atoms with Gasteiger partial charge in [0.05, 0.1) is 19.3 Å². The van der Waals surface area contributed by atoms with Crippen molar-refractivity contribution < 1.29 is 24.4 Å². The number of fused-ring (bicyclic) bond motifs is 1. The average molecular weight is 325 g/mol. The molecule has 1 atom stereocenters. The molecule has 0 saturated carbocycles. The minimum Gasteiger partial charge on any atom is -0.454 e. The Morgan fingerprint density at radius 2 is 2.04 bits per heavy atom. The fourth-order valence-electron chi connectivity index (χ4n) is 2.50. The lowest BCUT2D eigenvalue weighted by atomic mass is 10.2. The smallest absolute Gasteiger partial charge is 0.231 e. The van der Waals surface area contributed by atoms with E-state index in [1.165, 1.54) is 0 Å². The van der Waals surface area contributed by atoms with Gasteiger partial charge in [0.2, 0.25) is 6.79 Å². The van der Waals surface area contributed by atoms with E-state index in [9.17, 15) is 5.11 Å².